The molecule has 0 saturated carbocycles. The molecular formula is C13H13N3O. The number of carbonyl (C=O) groups excluding carboxylic acids is 1. The van der Waals surface area contributed by atoms with Crippen molar-refractivity contribution in [2.75, 3.05) is 5.32 Å². The SMILES string of the molecule is Cn1cc(C=CC(=O)Nc2ccccc2)cn1. The molecule has 0 aliphatic heterocycles. The van der Waals surface area contributed by atoms with Gasteiger partial charge in [0.25, 0.3) is 0 Å². The molecule has 1 N–H and O–H groups in total. The van der Waals surface area contributed by atoms with Crippen LogP contribution in [0.4, 0.5) is 5.69 Å². The smallest absolute Gasteiger partial charge is 0.248 e. The first-order valence-corrected chi connectivity index (χ1v) is 5.27. The largest absolute Gasteiger partial charge is 0.323 e. The number of para-hydroxylation sites is 1. The van der Waals surface area contributed by atoms with E-state index < -0.39 is 0 Å². The fourth-order valence-corrected chi connectivity index (χ4v) is 1.40. The zero-order valence-corrected chi connectivity index (χ0v) is 9.50. The highest BCUT2D eigenvalue weighted by Gasteiger charge is 1.97. The van der Waals surface area contributed by atoms with Crippen LogP contribution in [0, 0.1) is 0 Å². The number of nitrogens with zero attached hydrogens (tertiary/aromatic N) is 2. The van der Waals surface area contributed by atoms with E-state index in [0.29, 0.717) is 0 Å². The van der Waals surface area contributed by atoms with Gasteiger partial charge in [-0.3, -0.25) is 9.48 Å². The third kappa shape index (κ3) is 3.31. The highest BCUT2D eigenvalue weighted by Crippen LogP contribution is 2.05. The molecule has 1 amide bonds. The van der Waals surface area contributed by atoms with Crippen LogP contribution in [0.15, 0.2) is 48.8 Å². The number of hydrogen-bond acceptors (Lipinski definition) is 2. The summed E-state index contributed by atoms with van der Waals surface area (Å²) in [6, 6.07) is 9.34. The number of hydrogen-bond donors (Lipinski definition) is 1. The minimum atomic E-state index is -0.153. The monoisotopic (exact) mass is 227 g/mol. The van der Waals surface area contributed by atoms with Crippen LogP contribution in [-0.2, 0) is 11.8 Å². The van der Waals surface area contributed by atoms with E-state index in [-0.39, 0.29) is 5.91 Å². The molecule has 0 atom stereocenters. The summed E-state index contributed by atoms with van der Waals surface area (Å²) in [4.78, 5) is 11.6. The fraction of sp³-hybridized carbons (Fsp3) is 0.0769. The lowest BCUT2D eigenvalue weighted by atomic mass is 10.3. The molecule has 1 heterocycles. The minimum absolute atomic E-state index is 0.153. The summed E-state index contributed by atoms with van der Waals surface area (Å²) in [5.74, 6) is -0.153. The van der Waals surface area contributed by atoms with Gasteiger partial charge in [0.05, 0.1) is 6.20 Å². The number of nitrogens with one attached hydrogen (secondary N) is 1. The molecule has 1 aromatic carbocycles. The first-order chi connectivity index (χ1) is 8.24. The van der Waals surface area contributed by atoms with Crippen LogP contribution in [0.2, 0.25) is 0 Å². The van der Waals surface area contributed by atoms with Crippen molar-refractivity contribution < 1.29 is 4.79 Å². The predicted molar refractivity (Wildman–Crippen MR) is 67.3 cm³/mol. The minimum Gasteiger partial charge on any atom is -0.323 e. The van der Waals surface area contributed by atoms with Crippen molar-refractivity contribution in [3.8, 4) is 0 Å². The van der Waals surface area contributed by atoms with E-state index in [2.05, 4.69) is 10.4 Å². The highest BCUT2D eigenvalue weighted by molar-refractivity contribution is 6.01. The quantitative estimate of drug-likeness (QED) is 0.816. The zero-order valence-electron chi connectivity index (χ0n) is 9.50. The molecule has 0 aliphatic rings. The van der Waals surface area contributed by atoms with Gasteiger partial charge in [-0.05, 0) is 18.2 Å². The third-order valence-electron chi connectivity index (χ3n) is 2.19. The van der Waals surface area contributed by atoms with Gasteiger partial charge in [0, 0.05) is 30.6 Å². The van der Waals surface area contributed by atoms with Crippen molar-refractivity contribution in [2.24, 2.45) is 7.05 Å². The number of aryl methyl sites for hydroxylation is 1. The van der Waals surface area contributed by atoms with E-state index in [4.69, 9.17) is 0 Å². The maximum absolute atomic E-state index is 11.6. The summed E-state index contributed by atoms with van der Waals surface area (Å²) < 4.78 is 1.69. The molecule has 4 heteroatoms. The fourth-order valence-electron chi connectivity index (χ4n) is 1.40. The van der Waals surface area contributed by atoms with Crippen LogP contribution in [-0.4, -0.2) is 15.7 Å². The molecule has 4 nitrogen and oxygen atoms in total. The van der Waals surface area contributed by atoms with Crippen LogP contribution in [0.1, 0.15) is 5.56 Å². The topological polar surface area (TPSA) is 46.9 Å². The van der Waals surface area contributed by atoms with Crippen LogP contribution < -0.4 is 5.32 Å². The van der Waals surface area contributed by atoms with Gasteiger partial charge in [0.2, 0.25) is 5.91 Å². The molecule has 0 bridgehead atoms. The average Bonchev–Trinajstić information content (AvgIpc) is 2.74. The molecule has 17 heavy (non-hydrogen) atoms. The Labute approximate surface area is 99.6 Å². The second kappa shape index (κ2) is 5.12. The second-order valence-corrected chi connectivity index (χ2v) is 3.64. The van der Waals surface area contributed by atoms with Crippen LogP contribution >= 0.6 is 0 Å². The van der Waals surface area contributed by atoms with E-state index in [1.807, 2.05) is 43.6 Å². The number of anilines is 1. The first-order valence-electron chi connectivity index (χ1n) is 5.27. The van der Waals surface area contributed by atoms with Gasteiger partial charge < -0.3 is 5.32 Å². The molecule has 0 spiro atoms. The molecule has 0 unspecified atom stereocenters. The van der Waals surface area contributed by atoms with E-state index in [9.17, 15) is 4.79 Å². The summed E-state index contributed by atoms with van der Waals surface area (Å²) in [6.07, 6.45) is 6.76. The van der Waals surface area contributed by atoms with E-state index in [0.717, 1.165) is 11.3 Å². The van der Waals surface area contributed by atoms with Crippen LogP contribution in [0.5, 0.6) is 0 Å². The summed E-state index contributed by atoms with van der Waals surface area (Å²) >= 11 is 0. The van der Waals surface area contributed by atoms with E-state index in [1.165, 1.54) is 6.08 Å². The summed E-state index contributed by atoms with van der Waals surface area (Å²) in [5, 5.41) is 6.78. The Bertz CT molecular complexity index is 529. The maximum Gasteiger partial charge on any atom is 0.248 e. The number of benzene rings is 1. The average molecular weight is 227 g/mol. The molecule has 2 aromatic rings. The molecule has 0 aliphatic carbocycles. The van der Waals surface area contributed by atoms with Crippen molar-refractivity contribution >= 4 is 17.7 Å². The Morgan fingerprint density at radius 1 is 1.35 bits per heavy atom. The standard InChI is InChI=1S/C13H13N3O/c1-16-10-11(9-14-16)7-8-13(17)15-12-5-3-2-4-6-12/h2-10H,1H3,(H,15,17). The Hall–Kier alpha value is -2.36. The van der Waals surface area contributed by atoms with Gasteiger partial charge in [-0.25, -0.2) is 0 Å². The zero-order chi connectivity index (χ0) is 12.1. The Kier molecular flexibility index (Phi) is 3.35. The van der Waals surface area contributed by atoms with Gasteiger partial charge in [-0.2, -0.15) is 5.10 Å². The Morgan fingerprint density at radius 2 is 2.12 bits per heavy atom. The van der Waals surface area contributed by atoms with Crippen molar-refractivity contribution in [1.82, 2.24) is 9.78 Å². The summed E-state index contributed by atoms with van der Waals surface area (Å²) in [6.45, 7) is 0. The van der Waals surface area contributed by atoms with Crippen molar-refractivity contribution in [2.45, 2.75) is 0 Å². The molecular weight excluding hydrogens is 214 g/mol. The van der Waals surface area contributed by atoms with Crippen LogP contribution in [0.25, 0.3) is 6.08 Å². The Morgan fingerprint density at radius 3 is 2.76 bits per heavy atom. The maximum atomic E-state index is 11.6. The van der Waals surface area contributed by atoms with Gasteiger partial charge in [-0.1, -0.05) is 18.2 Å². The van der Waals surface area contributed by atoms with Crippen LogP contribution in [0.3, 0.4) is 0 Å². The highest BCUT2D eigenvalue weighted by atomic mass is 16.1. The van der Waals surface area contributed by atoms with Crippen molar-refractivity contribution in [1.29, 1.82) is 0 Å². The molecule has 1 aromatic heterocycles. The number of carbonyl (C=O) groups is 1. The first kappa shape index (κ1) is 11.1. The Balaban J connectivity index is 1.96. The van der Waals surface area contributed by atoms with Gasteiger partial charge in [0.1, 0.15) is 0 Å². The molecule has 0 saturated heterocycles. The molecule has 0 fully saturated rings. The summed E-state index contributed by atoms with van der Waals surface area (Å²) in [5.41, 5.74) is 1.68. The lowest BCUT2D eigenvalue weighted by Gasteiger charge is -1.99. The van der Waals surface area contributed by atoms with E-state index >= 15 is 0 Å². The number of amides is 1. The van der Waals surface area contributed by atoms with Gasteiger partial charge in [0.15, 0.2) is 0 Å². The molecule has 2 rings (SSSR count). The lowest BCUT2D eigenvalue weighted by Crippen LogP contribution is -2.07. The second-order valence-electron chi connectivity index (χ2n) is 3.64. The van der Waals surface area contributed by atoms with Gasteiger partial charge in [-0.15, -0.1) is 0 Å². The number of rotatable bonds is 3. The predicted octanol–water partition coefficient (Wildman–Crippen LogP) is 2.07. The molecule has 86 valence electrons. The van der Waals surface area contributed by atoms with Crippen molar-refractivity contribution in [3.05, 3.63) is 54.4 Å². The normalized spacial score (nSPS) is 10.6. The molecule has 0 radical (unpaired) electrons. The number of aromatic nitrogens is 2. The summed E-state index contributed by atoms with van der Waals surface area (Å²) in [7, 11) is 1.83. The lowest BCUT2D eigenvalue weighted by molar-refractivity contribution is -0.111. The van der Waals surface area contributed by atoms with Crippen molar-refractivity contribution in [3.63, 3.8) is 0 Å². The van der Waals surface area contributed by atoms with E-state index in [1.54, 1.807) is 17.0 Å². The van der Waals surface area contributed by atoms with Gasteiger partial charge >= 0.3 is 0 Å². The third-order valence-corrected chi connectivity index (χ3v) is 2.19.